The van der Waals surface area contributed by atoms with E-state index in [4.69, 9.17) is 9.47 Å². The van der Waals surface area contributed by atoms with Crippen LogP contribution in [0.5, 0.6) is 11.5 Å². The van der Waals surface area contributed by atoms with Crippen molar-refractivity contribution in [2.45, 2.75) is 25.7 Å². The first kappa shape index (κ1) is 20.3. The molecule has 2 rings (SSSR count). The Labute approximate surface area is 162 Å². The number of benzene rings is 2. The van der Waals surface area contributed by atoms with Crippen molar-refractivity contribution < 1.29 is 17.9 Å². The summed E-state index contributed by atoms with van der Waals surface area (Å²) in [7, 11) is -2.19. The minimum Gasteiger partial charge on any atom is -0.492 e. The third-order valence-corrected chi connectivity index (χ3v) is 5.51. The lowest BCUT2D eigenvalue weighted by molar-refractivity contribution is 0.310. The highest BCUT2D eigenvalue weighted by Crippen LogP contribution is 2.36. The van der Waals surface area contributed by atoms with E-state index in [2.05, 4.69) is 25.9 Å². The van der Waals surface area contributed by atoms with Gasteiger partial charge in [0.2, 0.25) is 0 Å². The van der Waals surface area contributed by atoms with E-state index in [-0.39, 0.29) is 4.90 Å². The first-order chi connectivity index (χ1) is 12.3. The zero-order valence-electron chi connectivity index (χ0n) is 15.0. The summed E-state index contributed by atoms with van der Waals surface area (Å²) in [5, 5.41) is 3.87. The van der Waals surface area contributed by atoms with Crippen molar-refractivity contribution in [3.63, 3.8) is 0 Å². The predicted octanol–water partition coefficient (Wildman–Crippen LogP) is 3.79. The molecule has 0 bridgehead atoms. The van der Waals surface area contributed by atoms with E-state index in [1.165, 1.54) is 6.21 Å². The standard InChI is InChI=1S/C18H21BrN2O4S/c1-5-25-16-10-14(9-15(19)18(16)24-4)11-20-21-26(22,23)17-7-6-12(2)8-13(17)3/h6-11,21H,5H2,1-4H3/b20-11+. The second kappa shape index (κ2) is 8.55. The topological polar surface area (TPSA) is 77.0 Å². The molecule has 0 saturated carbocycles. The lowest BCUT2D eigenvalue weighted by Gasteiger charge is -2.12. The van der Waals surface area contributed by atoms with Crippen molar-refractivity contribution in [1.29, 1.82) is 0 Å². The average Bonchev–Trinajstić information content (AvgIpc) is 2.54. The number of ether oxygens (including phenoxy) is 2. The SMILES string of the molecule is CCOc1cc(/C=N/NS(=O)(=O)c2ccc(C)cc2C)cc(Br)c1OC. The maximum atomic E-state index is 12.4. The lowest BCUT2D eigenvalue weighted by Crippen LogP contribution is -2.19. The van der Waals surface area contributed by atoms with Crippen LogP contribution in [0.1, 0.15) is 23.6 Å². The molecule has 0 saturated heterocycles. The van der Waals surface area contributed by atoms with Gasteiger partial charge in [0, 0.05) is 0 Å². The molecule has 0 fully saturated rings. The van der Waals surface area contributed by atoms with E-state index in [1.54, 1.807) is 38.3 Å². The van der Waals surface area contributed by atoms with Gasteiger partial charge in [-0.1, -0.05) is 17.7 Å². The number of nitrogens with zero attached hydrogens (tertiary/aromatic N) is 1. The summed E-state index contributed by atoms with van der Waals surface area (Å²) >= 11 is 3.41. The number of aryl methyl sites for hydroxylation is 2. The summed E-state index contributed by atoms with van der Waals surface area (Å²) in [6.07, 6.45) is 1.41. The van der Waals surface area contributed by atoms with Gasteiger partial charge in [-0.15, -0.1) is 0 Å². The molecule has 26 heavy (non-hydrogen) atoms. The molecule has 8 heteroatoms. The van der Waals surface area contributed by atoms with Gasteiger partial charge in [-0.3, -0.25) is 0 Å². The minimum absolute atomic E-state index is 0.200. The van der Waals surface area contributed by atoms with Crippen LogP contribution in [0.3, 0.4) is 0 Å². The van der Waals surface area contributed by atoms with Gasteiger partial charge in [0.05, 0.1) is 29.3 Å². The summed E-state index contributed by atoms with van der Waals surface area (Å²) < 4.78 is 36.3. The molecular formula is C18H21BrN2O4S. The zero-order chi connectivity index (χ0) is 19.3. The maximum Gasteiger partial charge on any atom is 0.276 e. The summed E-state index contributed by atoms with van der Waals surface area (Å²) in [5.74, 6) is 1.11. The van der Waals surface area contributed by atoms with Crippen molar-refractivity contribution in [3.8, 4) is 11.5 Å². The fourth-order valence-corrected chi connectivity index (χ4v) is 4.09. The smallest absolute Gasteiger partial charge is 0.276 e. The van der Waals surface area contributed by atoms with Gasteiger partial charge >= 0.3 is 0 Å². The Balaban J connectivity index is 2.24. The molecule has 0 aliphatic carbocycles. The van der Waals surface area contributed by atoms with Gasteiger partial charge in [-0.05, 0) is 66.0 Å². The Hall–Kier alpha value is -2.06. The number of sulfonamides is 1. The Bertz CT molecular complexity index is 927. The molecule has 0 amide bonds. The van der Waals surface area contributed by atoms with Gasteiger partial charge in [0.1, 0.15) is 0 Å². The molecule has 0 aliphatic rings. The first-order valence-electron chi connectivity index (χ1n) is 7.91. The fraction of sp³-hybridized carbons (Fsp3) is 0.278. The van der Waals surface area contributed by atoms with Crippen molar-refractivity contribution in [1.82, 2.24) is 4.83 Å². The van der Waals surface area contributed by atoms with Gasteiger partial charge in [0.25, 0.3) is 10.0 Å². The maximum absolute atomic E-state index is 12.4. The number of halogens is 1. The quantitative estimate of drug-likeness (QED) is 0.524. The highest BCUT2D eigenvalue weighted by Gasteiger charge is 2.16. The molecule has 2 aromatic rings. The third-order valence-electron chi connectivity index (χ3n) is 3.54. The Morgan fingerprint density at radius 2 is 1.96 bits per heavy atom. The monoisotopic (exact) mass is 440 g/mol. The van der Waals surface area contributed by atoms with Gasteiger partial charge < -0.3 is 9.47 Å². The second-order valence-corrected chi connectivity index (χ2v) is 8.07. The van der Waals surface area contributed by atoms with Crippen LogP contribution in [0.15, 0.2) is 44.8 Å². The van der Waals surface area contributed by atoms with Crippen LogP contribution in [0.2, 0.25) is 0 Å². The van der Waals surface area contributed by atoms with Crippen molar-refractivity contribution in [2.24, 2.45) is 5.10 Å². The molecule has 0 unspecified atom stereocenters. The Kier molecular flexibility index (Phi) is 6.66. The lowest BCUT2D eigenvalue weighted by atomic mass is 10.2. The third kappa shape index (κ3) is 4.76. The number of hydrogen-bond donors (Lipinski definition) is 1. The summed E-state index contributed by atoms with van der Waals surface area (Å²) in [6, 6.07) is 8.62. The number of methoxy groups -OCH3 is 1. The van der Waals surface area contributed by atoms with Gasteiger partial charge in [0.15, 0.2) is 11.5 Å². The van der Waals surface area contributed by atoms with Crippen LogP contribution >= 0.6 is 15.9 Å². The number of hydrazone groups is 1. The van der Waals surface area contributed by atoms with Crippen LogP contribution in [0.4, 0.5) is 0 Å². The molecule has 0 heterocycles. The molecule has 6 nitrogen and oxygen atoms in total. The molecule has 0 atom stereocenters. The van der Waals surface area contributed by atoms with Gasteiger partial charge in [-0.25, -0.2) is 4.83 Å². The molecule has 0 aliphatic heterocycles. The number of hydrogen-bond acceptors (Lipinski definition) is 5. The first-order valence-corrected chi connectivity index (χ1v) is 10.2. The van der Waals surface area contributed by atoms with Crippen LogP contribution in [0.25, 0.3) is 0 Å². The van der Waals surface area contributed by atoms with E-state index in [0.29, 0.717) is 33.7 Å². The van der Waals surface area contributed by atoms with Crippen LogP contribution in [-0.4, -0.2) is 28.3 Å². The van der Waals surface area contributed by atoms with Crippen LogP contribution in [-0.2, 0) is 10.0 Å². The molecule has 0 aromatic heterocycles. The summed E-state index contributed by atoms with van der Waals surface area (Å²) in [4.78, 5) is 2.44. The average molecular weight is 441 g/mol. The van der Waals surface area contributed by atoms with Crippen molar-refractivity contribution in [3.05, 3.63) is 51.5 Å². The molecule has 140 valence electrons. The summed E-state index contributed by atoms with van der Waals surface area (Å²) in [6.45, 7) is 6.00. The normalized spacial score (nSPS) is 11.6. The second-order valence-electron chi connectivity index (χ2n) is 5.59. The predicted molar refractivity (Wildman–Crippen MR) is 106 cm³/mol. The van der Waals surface area contributed by atoms with Crippen LogP contribution < -0.4 is 14.3 Å². The number of rotatable bonds is 7. The summed E-state index contributed by atoms with van der Waals surface area (Å²) in [5.41, 5.74) is 2.32. The Morgan fingerprint density at radius 3 is 2.58 bits per heavy atom. The van der Waals surface area contributed by atoms with E-state index in [9.17, 15) is 8.42 Å². The van der Waals surface area contributed by atoms with E-state index in [0.717, 1.165) is 5.56 Å². The van der Waals surface area contributed by atoms with Crippen LogP contribution in [0, 0.1) is 13.8 Å². The van der Waals surface area contributed by atoms with E-state index in [1.807, 2.05) is 19.9 Å². The largest absolute Gasteiger partial charge is 0.492 e. The highest BCUT2D eigenvalue weighted by molar-refractivity contribution is 9.10. The highest BCUT2D eigenvalue weighted by atomic mass is 79.9. The molecule has 0 spiro atoms. The zero-order valence-corrected chi connectivity index (χ0v) is 17.4. The molecule has 1 N–H and O–H groups in total. The Morgan fingerprint density at radius 1 is 1.23 bits per heavy atom. The van der Waals surface area contributed by atoms with E-state index >= 15 is 0 Å². The minimum atomic E-state index is -3.74. The van der Waals surface area contributed by atoms with Gasteiger partial charge in [-0.2, -0.15) is 13.5 Å². The fourth-order valence-electron chi connectivity index (χ4n) is 2.44. The van der Waals surface area contributed by atoms with Crippen molar-refractivity contribution >= 4 is 32.2 Å². The molecular weight excluding hydrogens is 420 g/mol. The molecule has 0 radical (unpaired) electrons. The number of nitrogens with one attached hydrogen (secondary N) is 1. The molecule has 2 aromatic carbocycles. The van der Waals surface area contributed by atoms with Crippen molar-refractivity contribution in [2.75, 3.05) is 13.7 Å². The van der Waals surface area contributed by atoms with E-state index < -0.39 is 10.0 Å².